The fraction of sp³-hybridized carbons (Fsp3) is 0.625. The summed E-state index contributed by atoms with van der Waals surface area (Å²) >= 11 is 5.90. The van der Waals surface area contributed by atoms with Gasteiger partial charge in [0.15, 0.2) is 12.4 Å². The Labute approximate surface area is 249 Å². The maximum absolute atomic E-state index is 13.6. The fourth-order valence-electron chi connectivity index (χ4n) is 9.34. The summed E-state index contributed by atoms with van der Waals surface area (Å²) in [5, 5.41) is 0.474. The summed E-state index contributed by atoms with van der Waals surface area (Å²) in [6.07, 6.45) is 6.75. The highest BCUT2D eigenvalue weighted by molar-refractivity contribution is 6.30. The maximum Gasteiger partial charge on any atom is 0.329 e. The number of nitrogens with zero attached hydrogens (tertiary/aromatic N) is 2. The number of carbonyl (C=O) groups excluding carboxylic acids is 6. The molecule has 2 heterocycles. The van der Waals surface area contributed by atoms with Crippen molar-refractivity contribution in [2.75, 3.05) is 13.2 Å². The Kier molecular flexibility index (Phi) is 6.99. The molecule has 1 aromatic rings. The Morgan fingerprint density at radius 1 is 0.762 bits per heavy atom. The summed E-state index contributed by atoms with van der Waals surface area (Å²) in [7, 11) is 0. The SMILES string of the molecule is O=C(COC(=O)[C@@H](CCCCN1C(=O)[C@@H]2[C@@H]3CC[C@@H](C3)[C@@H]2C1=O)N1C(=O)[C@@H]2[C@@H]3CC[C@@H](C3)[C@@H]2C1=O)c1ccc(Cl)cc1. The van der Waals surface area contributed by atoms with Crippen LogP contribution in [0.2, 0.25) is 5.02 Å². The number of rotatable bonds is 10. The van der Waals surface area contributed by atoms with Crippen LogP contribution < -0.4 is 0 Å². The molecule has 2 aliphatic heterocycles. The molecule has 222 valence electrons. The van der Waals surface area contributed by atoms with Gasteiger partial charge < -0.3 is 4.74 Å². The number of hydrogen-bond donors (Lipinski definition) is 0. The van der Waals surface area contributed by atoms with Crippen LogP contribution in [0, 0.1) is 47.3 Å². The van der Waals surface area contributed by atoms with Crippen LogP contribution in [0.25, 0.3) is 0 Å². The van der Waals surface area contributed by atoms with E-state index >= 15 is 0 Å². The van der Waals surface area contributed by atoms with Crippen molar-refractivity contribution in [1.82, 2.24) is 9.80 Å². The second-order valence-electron chi connectivity index (χ2n) is 13.2. The Morgan fingerprint density at radius 2 is 1.26 bits per heavy atom. The number of likely N-dealkylation sites (tertiary alicyclic amines) is 2. The highest BCUT2D eigenvalue weighted by Crippen LogP contribution is 2.57. The van der Waals surface area contributed by atoms with Crippen LogP contribution in [0.4, 0.5) is 0 Å². The van der Waals surface area contributed by atoms with Gasteiger partial charge in [-0.05, 0) is 106 Å². The molecule has 9 nitrogen and oxygen atoms in total. The van der Waals surface area contributed by atoms with E-state index in [1.165, 1.54) is 4.90 Å². The molecule has 0 N–H and O–H groups in total. The molecule has 42 heavy (non-hydrogen) atoms. The van der Waals surface area contributed by atoms with Gasteiger partial charge in [-0.25, -0.2) is 4.79 Å². The first-order chi connectivity index (χ1) is 20.2. The van der Waals surface area contributed by atoms with Crippen molar-refractivity contribution < 1.29 is 33.5 Å². The molecule has 0 unspecified atom stereocenters. The van der Waals surface area contributed by atoms with Gasteiger partial charge in [-0.1, -0.05) is 11.6 Å². The highest BCUT2D eigenvalue weighted by atomic mass is 35.5. The van der Waals surface area contributed by atoms with Crippen LogP contribution in [0.5, 0.6) is 0 Å². The summed E-state index contributed by atoms with van der Waals surface area (Å²) in [6, 6.07) is 5.08. The van der Waals surface area contributed by atoms with Gasteiger partial charge in [-0.3, -0.25) is 33.8 Å². The third kappa shape index (κ3) is 4.33. The number of carbonyl (C=O) groups is 6. The number of ketones is 1. The minimum absolute atomic E-state index is 0.0675. The van der Waals surface area contributed by atoms with Crippen LogP contribution in [0.15, 0.2) is 24.3 Å². The van der Waals surface area contributed by atoms with Crippen molar-refractivity contribution >= 4 is 47.0 Å². The van der Waals surface area contributed by atoms with Crippen molar-refractivity contribution in [3.05, 3.63) is 34.9 Å². The van der Waals surface area contributed by atoms with Crippen molar-refractivity contribution in [3.8, 4) is 0 Å². The van der Waals surface area contributed by atoms with Gasteiger partial charge in [-0.15, -0.1) is 0 Å². The topological polar surface area (TPSA) is 118 Å². The molecule has 4 aliphatic carbocycles. The first-order valence-electron chi connectivity index (χ1n) is 15.4. The molecule has 6 aliphatic rings. The zero-order chi connectivity index (χ0) is 29.3. The Bertz CT molecular complexity index is 1300. The maximum atomic E-state index is 13.6. The predicted molar refractivity (Wildman–Crippen MR) is 149 cm³/mol. The lowest BCUT2D eigenvalue weighted by Gasteiger charge is -2.26. The number of Topliss-reactive ketones (excluding diaryl/α,β-unsaturated/α-hetero) is 1. The lowest BCUT2D eigenvalue weighted by Crippen LogP contribution is -2.47. The van der Waals surface area contributed by atoms with Gasteiger partial charge in [0, 0.05) is 17.1 Å². The first-order valence-corrected chi connectivity index (χ1v) is 15.8. The molecular weight excluding hydrogens is 560 g/mol. The molecule has 6 fully saturated rings. The summed E-state index contributed by atoms with van der Waals surface area (Å²) in [6.45, 7) is -0.259. The monoisotopic (exact) mass is 594 g/mol. The number of hydrogen-bond acceptors (Lipinski definition) is 7. The molecule has 2 saturated heterocycles. The molecule has 7 rings (SSSR count). The van der Waals surface area contributed by atoms with Gasteiger partial charge in [-0.2, -0.15) is 0 Å². The van der Waals surface area contributed by atoms with Crippen LogP contribution in [0.1, 0.15) is 68.1 Å². The molecule has 0 aromatic heterocycles. The molecule has 0 spiro atoms. The molecule has 4 saturated carbocycles. The number of fused-ring (bicyclic) bond motifs is 10. The molecule has 4 amide bonds. The smallest absolute Gasteiger partial charge is 0.329 e. The second-order valence-corrected chi connectivity index (χ2v) is 13.6. The predicted octanol–water partition coefficient (Wildman–Crippen LogP) is 3.67. The highest BCUT2D eigenvalue weighted by Gasteiger charge is 2.63. The largest absolute Gasteiger partial charge is 0.456 e. The lowest BCUT2D eigenvalue weighted by atomic mass is 9.81. The van der Waals surface area contributed by atoms with E-state index in [0.29, 0.717) is 35.3 Å². The van der Waals surface area contributed by atoms with Crippen molar-refractivity contribution in [2.24, 2.45) is 47.3 Å². The standard InChI is InChI=1S/C32H35ClN2O7/c33-21-10-8-16(9-11-21)23(36)15-42-32(41)22(35-30(39)26-19-6-7-20(14-19)27(26)31(35)40)3-1-2-12-34-28(37)24-17-4-5-18(13-17)25(24)29(34)38/h8-11,17-20,22,24-27H,1-7,12-15H2/t17-,18+,19-,20+,22-,24-,25+,26-,27+/m1/s1. The molecular formula is C32H35ClN2O7. The first kappa shape index (κ1) is 27.7. The van der Waals surface area contributed by atoms with Crippen LogP contribution in [-0.4, -0.2) is 64.4 Å². The zero-order valence-corrected chi connectivity index (χ0v) is 24.2. The number of ether oxygens (including phenoxy) is 1. The van der Waals surface area contributed by atoms with Crippen molar-refractivity contribution in [1.29, 1.82) is 0 Å². The average Bonchev–Trinajstić information content (AvgIpc) is 3.83. The average molecular weight is 595 g/mol. The van der Waals surface area contributed by atoms with Crippen LogP contribution in [-0.2, 0) is 28.7 Å². The van der Waals surface area contributed by atoms with E-state index in [1.807, 2.05) is 0 Å². The van der Waals surface area contributed by atoms with Gasteiger partial charge in [0.05, 0.1) is 23.7 Å². The van der Waals surface area contributed by atoms with E-state index < -0.39 is 24.4 Å². The van der Waals surface area contributed by atoms with E-state index in [-0.39, 0.29) is 72.1 Å². The number of benzene rings is 1. The Balaban J connectivity index is 1.02. The number of unbranched alkanes of at least 4 members (excludes halogenated alkanes) is 1. The van der Waals surface area contributed by atoms with E-state index in [2.05, 4.69) is 0 Å². The fourth-order valence-corrected chi connectivity index (χ4v) is 9.47. The molecule has 1 aromatic carbocycles. The van der Waals surface area contributed by atoms with Crippen LogP contribution >= 0.6 is 11.6 Å². The summed E-state index contributed by atoms with van der Waals surface area (Å²) < 4.78 is 5.41. The zero-order valence-electron chi connectivity index (χ0n) is 23.4. The minimum atomic E-state index is -1.15. The summed E-state index contributed by atoms with van der Waals surface area (Å²) in [5.41, 5.74) is 0.335. The molecule has 4 bridgehead atoms. The third-order valence-corrected chi connectivity index (χ3v) is 11.4. The van der Waals surface area contributed by atoms with E-state index in [1.54, 1.807) is 24.3 Å². The molecule has 0 radical (unpaired) electrons. The quantitative estimate of drug-likeness (QED) is 0.175. The number of halogens is 1. The number of imide groups is 2. The third-order valence-electron chi connectivity index (χ3n) is 11.2. The van der Waals surface area contributed by atoms with E-state index in [9.17, 15) is 28.8 Å². The van der Waals surface area contributed by atoms with E-state index in [4.69, 9.17) is 16.3 Å². The number of esters is 1. The van der Waals surface area contributed by atoms with Crippen LogP contribution in [0.3, 0.4) is 0 Å². The van der Waals surface area contributed by atoms with Gasteiger partial charge in [0.25, 0.3) is 0 Å². The van der Waals surface area contributed by atoms with Gasteiger partial charge >= 0.3 is 5.97 Å². The van der Waals surface area contributed by atoms with E-state index in [0.717, 1.165) is 43.4 Å². The van der Waals surface area contributed by atoms with Crippen molar-refractivity contribution in [2.45, 2.75) is 63.8 Å². The Morgan fingerprint density at radius 3 is 1.79 bits per heavy atom. The summed E-state index contributed by atoms with van der Waals surface area (Å²) in [4.78, 5) is 81.8. The summed E-state index contributed by atoms with van der Waals surface area (Å²) in [5.74, 6) is -2.08. The van der Waals surface area contributed by atoms with Gasteiger partial charge in [0.1, 0.15) is 6.04 Å². The lowest BCUT2D eigenvalue weighted by molar-refractivity contribution is -0.159. The molecule has 9 atom stereocenters. The van der Waals surface area contributed by atoms with Crippen molar-refractivity contribution in [3.63, 3.8) is 0 Å². The normalized spacial score (nSPS) is 34.9. The molecule has 10 heteroatoms. The number of amides is 4. The Hall–Kier alpha value is -3.07. The second kappa shape index (κ2) is 10.6. The minimum Gasteiger partial charge on any atom is -0.456 e. The van der Waals surface area contributed by atoms with Gasteiger partial charge in [0.2, 0.25) is 23.6 Å².